The zero-order valence-electron chi connectivity index (χ0n) is 17.6. The molecule has 0 saturated heterocycles. The van der Waals surface area contributed by atoms with Gasteiger partial charge in [0.05, 0.1) is 14.2 Å². The first-order chi connectivity index (χ1) is 15.6. The minimum atomic E-state index is -0.156. The average molecular weight is 559 g/mol. The van der Waals surface area contributed by atoms with Gasteiger partial charge in [-0.2, -0.15) is 4.68 Å². The summed E-state index contributed by atoms with van der Waals surface area (Å²) in [5.74, 6) is 2.25. The van der Waals surface area contributed by atoms with Crippen molar-refractivity contribution in [2.45, 2.75) is 25.3 Å². The maximum absolute atomic E-state index is 5.71. The van der Waals surface area contributed by atoms with Gasteiger partial charge in [-0.05, 0) is 83.3 Å². The molecule has 0 amide bonds. The van der Waals surface area contributed by atoms with E-state index in [0.29, 0.717) is 5.95 Å². The Hall–Kier alpha value is -2.65. The van der Waals surface area contributed by atoms with E-state index < -0.39 is 0 Å². The first kappa shape index (κ1) is 21.2. The average Bonchev–Trinajstić information content (AvgIpc) is 3.26. The number of anilines is 1. The summed E-state index contributed by atoms with van der Waals surface area (Å²) in [5, 5.41) is 16.0. The fourth-order valence-electron chi connectivity index (χ4n) is 4.46. The number of aromatic nitrogens is 4. The van der Waals surface area contributed by atoms with Gasteiger partial charge < -0.3 is 14.8 Å². The second kappa shape index (κ2) is 8.71. The van der Waals surface area contributed by atoms with Crippen LogP contribution in [0.5, 0.6) is 11.5 Å². The number of methoxy groups -OCH3 is 2. The quantitative estimate of drug-likeness (QED) is 0.439. The fourth-order valence-corrected chi connectivity index (χ4v) is 5.21. The van der Waals surface area contributed by atoms with Gasteiger partial charge in [0, 0.05) is 25.8 Å². The van der Waals surface area contributed by atoms with Crippen molar-refractivity contribution in [3.63, 3.8) is 0 Å². The Morgan fingerprint density at radius 2 is 1.78 bits per heavy atom. The maximum atomic E-state index is 5.71. The number of hydrogen-bond acceptors (Lipinski definition) is 6. The van der Waals surface area contributed by atoms with Crippen LogP contribution in [0.4, 0.5) is 5.95 Å². The Morgan fingerprint density at radius 1 is 1.03 bits per heavy atom. The molecule has 7 nitrogen and oxygen atoms in total. The molecule has 1 aliphatic carbocycles. The number of benzene rings is 2. The molecular formula is C23H21Br2N5O2. The number of nitrogens with one attached hydrogen (secondary N) is 1. The SMILES string of the molecule is COc1ccc(Br)cc1/C=C1\CCCC2=C1Nc1nnnn1[C@@H]2c1cc(Br)ccc1OC. The van der Waals surface area contributed by atoms with Crippen molar-refractivity contribution in [3.05, 3.63) is 73.3 Å². The summed E-state index contributed by atoms with van der Waals surface area (Å²) in [6.07, 6.45) is 5.12. The van der Waals surface area contributed by atoms with Crippen LogP contribution in [-0.4, -0.2) is 34.4 Å². The molecule has 2 aliphatic rings. The summed E-state index contributed by atoms with van der Waals surface area (Å²) in [7, 11) is 3.38. The summed E-state index contributed by atoms with van der Waals surface area (Å²) in [6.45, 7) is 0. The molecule has 0 spiro atoms. The number of allylic oxidation sites excluding steroid dienone is 2. The molecule has 0 fully saturated rings. The van der Waals surface area contributed by atoms with Gasteiger partial charge in [-0.25, -0.2) is 0 Å². The lowest BCUT2D eigenvalue weighted by Gasteiger charge is -2.34. The third-order valence-electron chi connectivity index (χ3n) is 5.85. The summed E-state index contributed by atoms with van der Waals surface area (Å²) < 4.78 is 15.1. The van der Waals surface area contributed by atoms with E-state index in [2.05, 4.69) is 70.9 Å². The second-order valence-electron chi connectivity index (χ2n) is 7.67. The molecule has 0 unspecified atom stereocenters. The van der Waals surface area contributed by atoms with Crippen molar-refractivity contribution < 1.29 is 9.47 Å². The van der Waals surface area contributed by atoms with Crippen molar-refractivity contribution in [2.75, 3.05) is 19.5 Å². The van der Waals surface area contributed by atoms with E-state index in [9.17, 15) is 0 Å². The van der Waals surface area contributed by atoms with Crippen molar-refractivity contribution in [3.8, 4) is 11.5 Å². The highest BCUT2D eigenvalue weighted by Gasteiger charge is 2.35. The first-order valence-electron chi connectivity index (χ1n) is 10.2. The largest absolute Gasteiger partial charge is 0.496 e. The summed E-state index contributed by atoms with van der Waals surface area (Å²) in [6, 6.07) is 11.9. The highest BCUT2D eigenvalue weighted by molar-refractivity contribution is 9.10. The van der Waals surface area contributed by atoms with Gasteiger partial charge in [0.1, 0.15) is 17.5 Å². The number of tetrazole rings is 1. The molecule has 0 saturated carbocycles. The van der Waals surface area contributed by atoms with Gasteiger partial charge in [-0.1, -0.05) is 37.0 Å². The third kappa shape index (κ3) is 3.73. The van der Waals surface area contributed by atoms with Crippen LogP contribution < -0.4 is 14.8 Å². The molecule has 1 aliphatic heterocycles. The van der Waals surface area contributed by atoms with Gasteiger partial charge >= 0.3 is 0 Å². The lowest BCUT2D eigenvalue weighted by molar-refractivity contribution is 0.399. The second-order valence-corrected chi connectivity index (χ2v) is 9.50. The molecule has 1 aromatic heterocycles. The molecule has 0 radical (unpaired) electrons. The van der Waals surface area contributed by atoms with Gasteiger partial charge in [0.2, 0.25) is 5.95 Å². The van der Waals surface area contributed by atoms with Crippen LogP contribution in [0.2, 0.25) is 0 Å². The van der Waals surface area contributed by atoms with E-state index in [4.69, 9.17) is 9.47 Å². The van der Waals surface area contributed by atoms with Crippen LogP contribution in [0.3, 0.4) is 0 Å². The number of nitrogens with zero attached hydrogens (tertiary/aromatic N) is 4. The van der Waals surface area contributed by atoms with E-state index in [1.807, 2.05) is 28.9 Å². The summed E-state index contributed by atoms with van der Waals surface area (Å²) in [5.41, 5.74) is 5.57. The first-order valence-corrected chi connectivity index (χ1v) is 11.8. The van der Waals surface area contributed by atoms with Gasteiger partial charge in [0.25, 0.3) is 0 Å². The van der Waals surface area contributed by atoms with Gasteiger partial charge in [0.15, 0.2) is 0 Å². The number of halogens is 2. The summed E-state index contributed by atoms with van der Waals surface area (Å²) >= 11 is 7.19. The van der Waals surface area contributed by atoms with Gasteiger partial charge in [-0.3, -0.25) is 0 Å². The van der Waals surface area contributed by atoms with Crippen LogP contribution in [0.25, 0.3) is 6.08 Å². The molecule has 2 heterocycles. The Balaban J connectivity index is 1.69. The molecule has 3 aromatic rings. The molecule has 32 heavy (non-hydrogen) atoms. The standard InChI is InChI=1S/C23H21Br2N5O2/c1-31-19-8-6-15(24)11-14(19)10-13-4-3-5-17-21(13)26-23-27-28-29-30(23)22(17)18-12-16(25)7-9-20(18)32-2/h6-12,22H,3-5H2,1-2H3,(H,26,27,29)/b13-10+/t22-/m0/s1. The van der Waals surface area contributed by atoms with Crippen molar-refractivity contribution in [2.24, 2.45) is 0 Å². The summed E-state index contributed by atoms with van der Waals surface area (Å²) in [4.78, 5) is 0. The van der Waals surface area contributed by atoms with Crippen molar-refractivity contribution in [1.29, 1.82) is 0 Å². The lowest BCUT2D eigenvalue weighted by atomic mass is 9.83. The highest BCUT2D eigenvalue weighted by Crippen LogP contribution is 2.46. The molecule has 164 valence electrons. The Kier molecular flexibility index (Phi) is 5.77. The topological polar surface area (TPSA) is 74.1 Å². The number of fused-ring (bicyclic) bond motifs is 1. The van der Waals surface area contributed by atoms with E-state index in [0.717, 1.165) is 56.5 Å². The Morgan fingerprint density at radius 3 is 2.56 bits per heavy atom. The van der Waals surface area contributed by atoms with Crippen LogP contribution in [0, 0.1) is 0 Å². The molecule has 0 bridgehead atoms. The molecular weight excluding hydrogens is 538 g/mol. The van der Waals surface area contributed by atoms with E-state index >= 15 is 0 Å². The maximum Gasteiger partial charge on any atom is 0.248 e. The fraction of sp³-hybridized carbons (Fsp3) is 0.261. The normalized spacial score (nSPS) is 18.8. The Labute approximate surface area is 202 Å². The monoisotopic (exact) mass is 557 g/mol. The number of ether oxygens (including phenoxy) is 2. The minimum absolute atomic E-state index is 0.156. The molecule has 9 heteroatoms. The van der Waals surface area contributed by atoms with E-state index in [-0.39, 0.29) is 6.04 Å². The van der Waals surface area contributed by atoms with Gasteiger partial charge in [-0.15, -0.1) is 0 Å². The minimum Gasteiger partial charge on any atom is -0.496 e. The smallest absolute Gasteiger partial charge is 0.248 e. The molecule has 2 aromatic carbocycles. The lowest BCUT2D eigenvalue weighted by Crippen LogP contribution is -2.28. The highest BCUT2D eigenvalue weighted by atomic mass is 79.9. The Bertz CT molecular complexity index is 1250. The number of rotatable bonds is 4. The zero-order valence-corrected chi connectivity index (χ0v) is 20.8. The van der Waals surface area contributed by atoms with Crippen LogP contribution in [0.1, 0.15) is 36.4 Å². The molecule has 5 rings (SSSR count). The van der Waals surface area contributed by atoms with Crippen LogP contribution >= 0.6 is 31.9 Å². The van der Waals surface area contributed by atoms with E-state index in [1.54, 1.807) is 14.2 Å². The predicted octanol–water partition coefficient (Wildman–Crippen LogP) is 5.75. The van der Waals surface area contributed by atoms with Crippen molar-refractivity contribution >= 4 is 43.9 Å². The van der Waals surface area contributed by atoms with Crippen molar-refractivity contribution in [1.82, 2.24) is 20.2 Å². The molecule has 1 atom stereocenters. The zero-order chi connectivity index (χ0) is 22.2. The predicted molar refractivity (Wildman–Crippen MR) is 130 cm³/mol. The number of hydrogen-bond donors (Lipinski definition) is 1. The van der Waals surface area contributed by atoms with Crippen LogP contribution in [-0.2, 0) is 0 Å². The van der Waals surface area contributed by atoms with E-state index in [1.165, 1.54) is 11.1 Å². The molecule has 1 N–H and O–H groups in total. The van der Waals surface area contributed by atoms with Crippen LogP contribution in [0.15, 0.2) is 62.2 Å². The third-order valence-corrected chi connectivity index (χ3v) is 6.83.